The van der Waals surface area contributed by atoms with Gasteiger partial charge in [0.2, 0.25) is 0 Å². The zero-order valence-corrected chi connectivity index (χ0v) is 20.5. The monoisotopic (exact) mass is 436 g/mol. The lowest BCUT2D eigenvalue weighted by atomic mass is 9.82. The lowest BCUT2D eigenvalue weighted by Gasteiger charge is -2.27. The summed E-state index contributed by atoms with van der Waals surface area (Å²) in [4.78, 5) is 9.48. The second-order valence-electron chi connectivity index (χ2n) is 9.74. The molecule has 0 N–H and O–H groups in total. The Morgan fingerprint density at radius 3 is 2.03 bits per heavy atom. The molecule has 3 rings (SSSR count). The van der Waals surface area contributed by atoms with E-state index in [-0.39, 0.29) is 0 Å². The number of hydrogen-bond donors (Lipinski definition) is 0. The average molecular weight is 437 g/mol. The van der Waals surface area contributed by atoms with Crippen LogP contribution in [0.4, 0.5) is 0 Å². The molecule has 32 heavy (non-hydrogen) atoms. The van der Waals surface area contributed by atoms with E-state index < -0.39 is 0 Å². The Morgan fingerprint density at radius 1 is 0.719 bits per heavy atom. The highest BCUT2D eigenvalue weighted by molar-refractivity contribution is 5.27. The molecule has 1 aromatic carbocycles. The number of aryl methyl sites for hydroxylation is 2. The highest BCUT2D eigenvalue weighted by Crippen LogP contribution is 2.34. The summed E-state index contributed by atoms with van der Waals surface area (Å²) in [6, 6.07) is 8.64. The molecular formula is C29H44N2O. The quantitative estimate of drug-likeness (QED) is 0.281. The predicted octanol–water partition coefficient (Wildman–Crippen LogP) is 8.08. The molecule has 0 aliphatic heterocycles. The van der Waals surface area contributed by atoms with Crippen molar-refractivity contribution in [3.63, 3.8) is 0 Å². The van der Waals surface area contributed by atoms with Crippen LogP contribution in [0.2, 0.25) is 0 Å². The molecule has 1 aliphatic carbocycles. The summed E-state index contributed by atoms with van der Waals surface area (Å²) < 4.78 is 6.08. The fourth-order valence-corrected chi connectivity index (χ4v) is 4.83. The molecule has 0 unspecified atom stereocenters. The molecule has 176 valence electrons. The third-order valence-electron chi connectivity index (χ3n) is 6.95. The lowest BCUT2D eigenvalue weighted by Crippen LogP contribution is -2.20. The maximum absolute atomic E-state index is 6.08. The van der Waals surface area contributed by atoms with E-state index in [2.05, 4.69) is 50.5 Å². The number of nitrogens with zero attached hydrogens (tertiary/aromatic N) is 2. The van der Waals surface area contributed by atoms with Gasteiger partial charge in [0.1, 0.15) is 11.6 Å². The minimum absolute atomic E-state index is 0.521. The molecule has 1 aromatic heterocycles. The van der Waals surface area contributed by atoms with Gasteiger partial charge in [-0.1, -0.05) is 70.9 Å². The van der Waals surface area contributed by atoms with Crippen molar-refractivity contribution in [2.75, 3.05) is 6.61 Å². The van der Waals surface area contributed by atoms with Gasteiger partial charge in [0.25, 0.3) is 0 Å². The maximum atomic E-state index is 6.08. The van der Waals surface area contributed by atoms with Crippen LogP contribution in [0.3, 0.4) is 0 Å². The van der Waals surface area contributed by atoms with Crippen molar-refractivity contribution >= 4 is 0 Å². The summed E-state index contributed by atoms with van der Waals surface area (Å²) in [5.74, 6) is 3.23. The highest BCUT2D eigenvalue weighted by Gasteiger charge is 2.24. The normalized spacial score (nSPS) is 18.6. The van der Waals surface area contributed by atoms with E-state index in [1.807, 2.05) is 0 Å². The Balaban J connectivity index is 1.32. The Bertz CT molecular complexity index is 733. The molecule has 3 heteroatoms. The molecule has 0 bridgehead atoms. The van der Waals surface area contributed by atoms with Crippen molar-refractivity contribution in [1.82, 2.24) is 9.97 Å². The van der Waals surface area contributed by atoms with Crippen molar-refractivity contribution in [3.8, 4) is 5.75 Å². The molecule has 0 radical (unpaired) electrons. The van der Waals surface area contributed by atoms with Gasteiger partial charge in [-0.15, -0.1) is 0 Å². The number of ether oxygens (including phenoxy) is 1. The van der Waals surface area contributed by atoms with E-state index in [0.29, 0.717) is 11.8 Å². The summed E-state index contributed by atoms with van der Waals surface area (Å²) in [6.07, 6.45) is 21.9. The fourth-order valence-electron chi connectivity index (χ4n) is 4.83. The van der Waals surface area contributed by atoms with E-state index in [0.717, 1.165) is 31.0 Å². The van der Waals surface area contributed by atoms with E-state index in [1.54, 1.807) is 0 Å². The van der Waals surface area contributed by atoms with Crippen molar-refractivity contribution in [2.45, 2.75) is 110 Å². The van der Waals surface area contributed by atoms with E-state index in [9.17, 15) is 0 Å². The van der Waals surface area contributed by atoms with Gasteiger partial charge in [-0.25, -0.2) is 9.97 Å². The van der Waals surface area contributed by atoms with E-state index in [4.69, 9.17) is 14.7 Å². The highest BCUT2D eigenvalue weighted by atomic mass is 16.5. The third kappa shape index (κ3) is 8.56. The SMILES string of the molecule is CCCCCCCCCc1cnc([C@H]2CC[C@H](COc3ccc(CCC)cc3)CC2)nc1. The van der Waals surface area contributed by atoms with Gasteiger partial charge in [-0.05, 0) is 74.1 Å². The Morgan fingerprint density at radius 2 is 1.38 bits per heavy atom. The minimum atomic E-state index is 0.521. The van der Waals surface area contributed by atoms with Gasteiger partial charge in [0.05, 0.1) is 6.61 Å². The van der Waals surface area contributed by atoms with Crippen molar-refractivity contribution in [3.05, 3.63) is 53.6 Å². The number of hydrogen-bond acceptors (Lipinski definition) is 3. The maximum Gasteiger partial charge on any atom is 0.131 e. The molecule has 1 heterocycles. The van der Waals surface area contributed by atoms with Crippen LogP contribution in [-0.2, 0) is 12.8 Å². The van der Waals surface area contributed by atoms with Gasteiger partial charge in [0, 0.05) is 18.3 Å². The topological polar surface area (TPSA) is 35.0 Å². The average Bonchev–Trinajstić information content (AvgIpc) is 2.84. The van der Waals surface area contributed by atoms with Crippen LogP contribution >= 0.6 is 0 Å². The smallest absolute Gasteiger partial charge is 0.131 e. The van der Waals surface area contributed by atoms with Crippen LogP contribution < -0.4 is 4.74 Å². The fraction of sp³-hybridized carbons (Fsp3) is 0.655. The predicted molar refractivity (Wildman–Crippen MR) is 134 cm³/mol. The summed E-state index contributed by atoms with van der Waals surface area (Å²) in [6.45, 7) is 5.33. The van der Waals surface area contributed by atoms with Crippen molar-refractivity contribution in [1.29, 1.82) is 0 Å². The molecule has 0 saturated heterocycles. The summed E-state index contributed by atoms with van der Waals surface area (Å²) in [5.41, 5.74) is 2.70. The molecule has 1 saturated carbocycles. The Kier molecular flexibility index (Phi) is 11.0. The van der Waals surface area contributed by atoms with Gasteiger partial charge in [-0.3, -0.25) is 0 Å². The van der Waals surface area contributed by atoms with Gasteiger partial charge < -0.3 is 4.74 Å². The van der Waals surface area contributed by atoms with Gasteiger partial charge >= 0.3 is 0 Å². The number of aromatic nitrogens is 2. The van der Waals surface area contributed by atoms with Crippen LogP contribution in [0.1, 0.15) is 114 Å². The summed E-state index contributed by atoms with van der Waals surface area (Å²) in [7, 11) is 0. The van der Waals surface area contributed by atoms with Crippen molar-refractivity contribution < 1.29 is 4.74 Å². The molecule has 2 aromatic rings. The lowest BCUT2D eigenvalue weighted by molar-refractivity contribution is 0.198. The summed E-state index contributed by atoms with van der Waals surface area (Å²) in [5, 5.41) is 0. The first kappa shape index (κ1) is 24.7. The second-order valence-corrected chi connectivity index (χ2v) is 9.74. The standard InChI is InChI=1S/C29H44N2O/c1-3-5-6-7-8-9-10-12-26-21-30-29(31-22-26)27-17-13-25(14-18-27)23-32-28-19-15-24(11-4-2)16-20-28/h15-16,19-22,25,27H,3-14,17-18,23H2,1-2H3/t25-,27-. The number of unbranched alkanes of at least 4 members (excludes halogenated alkanes) is 6. The molecule has 3 nitrogen and oxygen atoms in total. The van der Waals surface area contributed by atoms with Crippen LogP contribution in [0.5, 0.6) is 5.75 Å². The zero-order valence-electron chi connectivity index (χ0n) is 20.5. The molecule has 0 amide bonds. The third-order valence-corrected chi connectivity index (χ3v) is 6.95. The van der Waals surface area contributed by atoms with Crippen LogP contribution in [0.15, 0.2) is 36.7 Å². The minimum Gasteiger partial charge on any atom is -0.493 e. The largest absolute Gasteiger partial charge is 0.493 e. The second kappa shape index (κ2) is 14.3. The molecule has 1 fully saturated rings. The van der Waals surface area contributed by atoms with Gasteiger partial charge in [0.15, 0.2) is 0 Å². The van der Waals surface area contributed by atoms with Gasteiger partial charge in [-0.2, -0.15) is 0 Å². The molecular weight excluding hydrogens is 392 g/mol. The zero-order chi connectivity index (χ0) is 22.4. The van der Waals surface area contributed by atoms with Crippen LogP contribution in [-0.4, -0.2) is 16.6 Å². The Labute approximate surface area is 196 Å². The first-order valence-corrected chi connectivity index (χ1v) is 13.3. The van der Waals surface area contributed by atoms with Crippen LogP contribution in [0, 0.1) is 5.92 Å². The first-order chi connectivity index (χ1) is 15.8. The number of rotatable bonds is 14. The number of benzene rings is 1. The molecule has 0 spiro atoms. The van der Waals surface area contributed by atoms with Crippen molar-refractivity contribution in [2.24, 2.45) is 5.92 Å². The van der Waals surface area contributed by atoms with E-state index >= 15 is 0 Å². The Hall–Kier alpha value is -1.90. The molecule has 0 atom stereocenters. The first-order valence-electron chi connectivity index (χ1n) is 13.3. The van der Waals surface area contributed by atoms with E-state index in [1.165, 1.54) is 88.2 Å². The summed E-state index contributed by atoms with van der Waals surface area (Å²) >= 11 is 0. The molecule has 1 aliphatic rings. The van der Waals surface area contributed by atoms with Crippen LogP contribution in [0.25, 0.3) is 0 Å².